The number of aromatic nitrogens is 1. The highest BCUT2D eigenvalue weighted by Crippen LogP contribution is 2.55. The molecular weight excluding hydrogens is 769 g/mol. The van der Waals surface area contributed by atoms with E-state index in [2.05, 4.69) is 0 Å². The minimum Gasteiger partial charge on any atom is -0.468 e. The second-order valence-electron chi connectivity index (χ2n) is 19.8. The van der Waals surface area contributed by atoms with E-state index < -0.39 is 112 Å². The SMILES string of the molecule is [2H]c1c([2H])c2c3c(c1[2H])-n1c4c([2H])c([2H])c(C(C)(C)C)c([2H])c4c4c([2H])c(C(C)(C)C)c([2H])c(c41)N3c1c([2H])c(C)c([2H])c3c1B2c1oc2c([2H])c([2H])c(C(C)(C)C)c([2H])c2c1N3c1c([2H])c([2H])c([2H])c2oc3c([2H])c([2H])c([2H])c([2H])c3c12. The Hall–Kier alpha value is -6.66. The summed E-state index contributed by atoms with van der Waals surface area (Å²) in [5.74, 6) is 0. The predicted octanol–water partition coefficient (Wildman–Crippen LogP) is 14.0. The van der Waals surface area contributed by atoms with Crippen molar-refractivity contribution in [3.63, 3.8) is 0 Å². The van der Waals surface area contributed by atoms with Crippen LogP contribution in [0.25, 0.3) is 60.4 Å². The third kappa shape index (κ3) is 4.84. The van der Waals surface area contributed by atoms with Crippen LogP contribution in [0.15, 0.2) is 130 Å². The standard InChI is InChI=1S/C57H50BN3O2/c1-31-25-43-50-44(26-31)61-45-30-34(57(8,9)10)29-37-36-27-32(55(2,3)4)21-23-40(36)59(51(37)45)42-18-13-16-39(53(42)61)58(50)54-52(38-28-33(56(5,6)7)22-24-47(38)63-54)60(43)41-17-14-20-48-49(41)35-15-11-12-19-46(35)62-48/h11-30H,1-10H3/i11D,12D,13D,14D,15D,16D,17D,18D,19D,20D,21D,22D,23D,24D,25D,26D,27D,28D,29D,30D. The third-order valence-corrected chi connectivity index (χ3v) is 12.5. The second kappa shape index (κ2) is 11.9. The van der Waals surface area contributed by atoms with Crippen LogP contribution in [0.2, 0.25) is 0 Å². The van der Waals surface area contributed by atoms with E-state index in [0.29, 0.717) is 0 Å². The van der Waals surface area contributed by atoms with Gasteiger partial charge in [-0.15, -0.1) is 0 Å². The largest absolute Gasteiger partial charge is 0.468 e. The zero-order valence-electron chi connectivity index (χ0n) is 56.2. The van der Waals surface area contributed by atoms with Crippen LogP contribution in [0, 0.1) is 6.92 Å². The maximum Gasteiger partial charge on any atom is 0.297 e. The van der Waals surface area contributed by atoms with Crippen molar-refractivity contribution in [2.45, 2.75) is 85.5 Å². The molecule has 3 aliphatic rings. The highest BCUT2D eigenvalue weighted by Gasteiger charge is 2.49. The molecule has 3 aromatic heterocycles. The number of para-hydroxylation sites is 2. The quantitative estimate of drug-likeness (QED) is 0.154. The van der Waals surface area contributed by atoms with E-state index in [1.807, 2.05) is 0 Å². The van der Waals surface area contributed by atoms with Crippen molar-refractivity contribution in [3.8, 4) is 5.69 Å². The molecule has 0 radical (unpaired) electrons. The molecule has 10 aromatic rings. The number of hydrogen-bond donors (Lipinski definition) is 0. The summed E-state index contributed by atoms with van der Waals surface area (Å²) in [6.45, 7) is 15.9. The van der Waals surface area contributed by atoms with E-state index in [1.165, 1.54) is 21.3 Å². The van der Waals surface area contributed by atoms with Crippen LogP contribution in [0.4, 0.5) is 34.1 Å². The van der Waals surface area contributed by atoms with E-state index >= 15 is 0 Å². The van der Waals surface area contributed by atoms with Crippen LogP contribution in [0.5, 0.6) is 0 Å². The molecule has 0 spiro atoms. The van der Waals surface area contributed by atoms with Gasteiger partial charge in [-0.05, 0) is 129 Å². The van der Waals surface area contributed by atoms with Gasteiger partial charge in [0, 0.05) is 32.9 Å². The van der Waals surface area contributed by atoms with Gasteiger partial charge in [0.25, 0.3) is 6.71 Å². The molecule has 6 heteroatoms. The van der Waals surface area contributed by atoms with Crippen LogP contribution >= 0.6 is 0 Å². The van der Waals surface area contributed by atoms with E-state index in [4.69, 9.17) is 12.9 Å². The van der Waals surface area contributed by atoms with Crippen molar-refractivity contribution in [2.75, 3.05) is 9.80 Å². The Morgan fingerprint density at radius 1 is 0.492 bits per heavy atom. The summed E-state index contributed by atoms with van der Waals surface area (Å²) in [6, 6.07) is -9.95. The average molecular weight is 840 g/mol. The van der Waals surface area contributed by atoms with E-state index in [0.717, 1.165) is 0 Å². The number of hydrogen-bond acceptors (Lipinski definition) is 4. The smallest absolute Gasteiger partial charge is 0.297 e. The van der Waals surface area contributed by atoms with Crippen molar-refractivity contribution < 1.29 is 36.2 Å². The maximum atomic E-state index is 10.4. The molecule has 0 saturated heterocycles. The highest BCUT2D eigenvalue weighted by atomic mass is 16.3. The first kappa shape index (κ1) is 22.1. The van der Waals surface area contributed by atoms with E-state index in [-0.39, 0.29) is 165 Å². The molecule has 0 unspecified atom stereocenters. The Morgan fingerprint density at radius 3 is 1.86 bits per heavy atom. The predicted molar refractivity (Wildman–Crippen MR) is 266 cm³/mol. The van der Waals surface area contributed by atoms with Crippen molar-refractivity contribution >= 4 is 112 Å². The van der Waals surface area contributed by atoms with Crippen molar-refractivity contribution in [3.05, 3.63) is 143 Å². The van der Waals surface area contributed by atoms with Crippen LogP contribution in [-0.2, 0) is 16.2 Å². The summed E-state index contributed by atoms with van der Waals surface area (Å²) < 4.78 is 209. The summed E-state index contributed by atoms with van der Waals surface area (Å²) in [4.78, 5) is 2.78. The Bertz CT molecular complexity index is 4850. The van der Waals surface area contributed by atoms with Gasteiger partial charge in [-0.2, -0.15) is 0 Å². The molecule has 6 heterocycles. The molecule has 63 heavy (non-hydrogen) atoms. The van der Waals surface area contributed by atoms with Crippen molar-refractivity contribution in [1.82, 2.24) is 4.57 Å². The van der Waals surface area contributed by atoms with Crippen LogP contribution in [0.3, 0.4) is 0 Å². The van der Waals surface area contributed by atoms with Crippen molar-refractivity contribution in [2.24, 2.45) is 0 Å². The summed E-state index contributed by atoms with van der Waals surface area (Å²) in [5, 5.41) is -0.614. The van der Waals surface area contributed by atoms with Gasteiger partial charge >= 0.3 is 0 Å². The Balaban J connectivity index is 1.35. The lowest BCUT2D eigenvalue weighted by Crippen LogP contribution is -2.61. The first-order valence-corrected chi connectivity index (χ1v) is 20.9. The van der Waals surface area contributed by atoms with E-state index in [1.54, 1.807) is 62.3 Å². The number of nitrogens with zero attached hydrogens (tertiary/aromatic N) is 3. The molecule has 0 fully saturated rings. The monoisotopic (exact) mass is 840 g/mol. The molecular formula is C57H50BN3O2. The Kier molecular flexibility index (Phi) is 4.17. The number of fused-ring (bicyclic) bond motifs is 14. The Morgan fingerprint density at radius 2 is 1.11 bits per heavy atom. The topological polar surface area (TPSA) is 37.7 Å². The van der Waals surface area contributed by atoms with E-state index in [9.17, 15) is 23.3 Å². The molecule has 308 valence electrons. The molecule has 0 saturated carbocycles. The summed E-state index contributed by atoms with van der Waals surface area (Å²) in [5.41, 5.74) is -5.42. The van der Waals surface area contributed by atoms with Gasteiger partial charge in [0.2, 0.25) is 0 Å². The fourth-order valence-corrected chi connectivity index (χ4v) is 9.47. The average Bonchev–Trinajstić information content (AvgIpc) is 1.79. The van der Waals surface area contributed by atoms with Crippen LogP contribution < -0.4 is 26.4 Å². The normalized spacial score (nSPS) is 18.9. The molecule has 13 rings (SSSR count). The first-order chi connectivity index (χ1) is 38.5. The van der Waals surface area contributed by atoms with Gasteiger partial charge in [-0.3, -0.25) is 0 Å². The molecule has 0 amide bonds. The highest BCUT2D eigenvalue weighted by molar-refractivity contribution is 7.00. The molecule has 0 atom stereocenters. The zero-order chi connectivity index (χ0) is 60.6. The Labute approximate surface area is 396 Å². The molecule has 7 aromatic carbocycles. The summed E-state index contributed by atoms with van der Waals surface area (Å²) in [7, 11) is 0. The van der Waals surface area contributed by atoms with Gasteiger partial charge in [0.15, 0.2) is 0 Å². The molecule has 0 aliphatic carbocycles. The fourth-order valence-electron chi connectivity index (χ4n) is 9.47. The minimum absolute atomic E-state index is 0.0188. The maximum absolute atomic E-state index is 10.4. The van der Waals surface area contributed by atoms with Crippen LogP contribution in [-0.4, -0.2) is 11.3 Å². The van der Waals surface area contributed by atoms with Crippen molar-refractivity contribution in [1.29, 1.82) is 0 Å². The lowest BCUT2D eigenvalue weighted by atomic mass is 9.35. The molecule has 0 N–H and O–H groups in total. The molecule has 5 nitrogen and oxygen atoms in total. The van der Waals surface area contributed by atoms with Gasteiger partial charge < -0.3 is 23.2 Å². The lowest BCUT2D eigenvalue weighted by molar-refractivity contribution is 0.590. The third-order valence-electron chi connectivity index (χ3n) is 12.5. The number of anilines is 6. The number of benzene rings is 7. The van der Waals surface area contributed by atoms with Gasteiger partial charge in [-0.25, -0.2) is 0 Å². The summed E-state index contributed by atoms with van der Waals surface area (Å²) >= 11 is 0. The number of furan rings is 2. The van der Waals surface area contributed by atoms with Gasteiger partial charge in [-0.1, -0.05) is 111 Å². The number of rotatable bonds is 1. The fraction of sp³-hybridized carbons (Fsp3) is 0.228. The van der Waals surface area contributed by atoms with Gasteiger partial charge in [0.05, 0.1) is 77.9 Å². The first-order valence-electron chi connectivity index (χ1n) is 30.9. The minimum atomic E-state index is -1.58. The molecule has 0 bridgehead atoms. The summed E-state index contributed by atoms with van der Waals surface area (Å²) in [6.07, 6.45) is 0. The second-order valence-corrected chi connectivity index (χ2v) is 19.8. The zero-order valence-corrected chi connectivity index (χ0v) is 36.2. The van der Waals surface area contributed by atoms with Crippen LogP contribution in [0.1, 0.15) is 112 Å². The van der Waals surface area contributed by atoms with Gasteiger partial charge in [0.1, 0.15) is 16.7 Å². The molecule has 3 aliphatic heterocycles. The lowest BCUT2D eigenvalue weighted by Gasteiger charge is -2.45.